The van der Waals surface area contributed by atoms with Crippen molar-refractivity contribution in [3.63, 3.8) is 0 Å². The third-order valence-corrected chi connectivity index (χ3v) is 3.87. The summed E-state index contributed by atoms with van der Waals surface area (Å²) in [6.45, 7) is 3.64. The van der Waals surface area contributed by atoms with E-state index in [-0.39, 0.29) is 11.9 Å². The van der Waals surface area contributed by atoms with Crippen molar-refractivity contribution in [3.8, 4) is 0 Å². The molecular weight excluding hydrogens is 280 g/mol. The van der Waals surface area contributed by atoms with Crippen LogP contribution in [0.4, 0.5) is 14.7 Å². The molecule has 0 saturated carbocycles. The number of rotatable bonds is 3. The number of nitrogens with one attached hydrogen (secondary N) is 2. The lowest BCUT2D eigenvalue weighted by Gasteiger charge is -2.32. The number of hydrogen-bond acceptors (Lipinski definition) is 5. The van der Waals surface area contributed by atoms with Crippen LogP contribution < -0.4 is 16.4 Å². The van der Waals surface area contributed by atoms with Gasteiger partial charge in [-0.15, -0.1) is 10.2 Å². The number of piperidine rings is 1. The molecule has 0 bridgehead atoms. The molecule has 2 rings (SSSR count). The number of carbonyl (C=O) groups is 2. The van der Waals surface area contributed by atoms with Crippen LogP contribution in [0.5, 0.6) is 0 Å². The van der Waals surface area contributed by atoms with Gasteiger partial charge < -0.3 is 16.0 Å². The van der Waals surface area contributed by atoms with Gasteiger partial charge >= 0.3 is 12.1 Å². The van der Waals surface area contributed by atoms with Gasteiger partial charge in [0.15, 0.2) is 0 Å². The smallest absolute Gasteiger partial charge is 0.323 e. The number of carbonyl (C=O) groups excluding carboxylic acids is 2. The zero-order valence-electron chi connectivity index (χ0n) is 11.3. The summed E-state index contributed by atoms with van der Waals surface area (Å²) >= 11 is 1.34. The number of primary amides is 1. The van der Waals surface area contributed by atoms with Crippen molar-refractivity contribution in [1.29, 1.82) is 0 Å². The Morgan fingerprint density at radius 1 is 1.50 bits per heavy atom. The molecule has 0 aliphatic carbocycles. The molecule has 20 heavy (non-hydrogen) atoms. The quantitative estimate of drug-likeness (QED) is 0.764. The highest BCUT2D eigenvalue weighted by atomic mass is 32.1. The number of hydrogen-bond donors (Lipinski definition) is 3. The summed E-state index contributed by atoms with van der Waals surface area (Å²) in [7, 11) is 0. The van der Waals surface area contributed by atoms with Crippen molar-refractivity contribution in [3.05, 3.63) is 5.01 Å². The van der Waals surface area contributed by atoms with Gasteiger partial charge in [0.05, 0.1) is 0 Å². The molecule has 1 atom stereocenters. The zero-order valence-corrected chi connectivity index (χ0v) is 12.1. The molecular formula is C11H18N6O2S. The Hall–Kier alpha value is -1.90. The summed E-state index contributed by atoms with van der Waals surface area (Å²) in [6.07, 6.45) is 1.88. The van der Waals surface area contributed by atoms with Crippen molar-refractivity contribution in [1.82, 2.24) is 20.4 Å². The number of nitrogens with zero attached hydrogens (tertiary/aromatic N) is 3. The molecule has 4 amide bonds. The van der Waals surface area contributed by atoms with Crippen LogP contribution in [0.3, 0.4) is 0 Å². The molecule has 0 radical (unpaired) electrons. The van der Waals surface area contributed by atoms with E-state index in [0.717, 1.165) is 17.8 Å². The third-order valence-electron chi connectivity index (χ3n) is 3.11. The van der Waals surface area contributed by atoms with Crippen molar-refractivity contribution in [2.24, 2.45) is 11.7 Å². The Morgan fingerprint density at radius 3 is 2.95 bits per heavy atom. The van der Waals surface area contributed by atoms with Crippen LogP contribution in [0.25, 0.3) is 0 Å². The maximum absolute atomic E-state index is 12.1. The topological polar surface area (TPSA) is 113 Å². The normalized spacial score (nSPS) is 18.6. The summed E-state index contributed by atoms with van der Waals surface area (Å²) in [5.41, 5.74) is 5.05. The lowest BCUT2D eigenvalue weighted by atomic mass is 9.98. The summed E-state index contributed by atoms with van der Waals surface area (Å²) in [5.74, 6) is 0.234. The first-order valence-electron chi connectivity index (χ1n) is 6.44. The van der Waals surface area contributed by atoms with E-state index in [9.17, 15) is 9.59 Å². The minimum Gasteiger partial charge on any atom is -0.352 e. The van der Waals surface area contributed by atoms with Crippen LogP contribution in [0.1, 0.15) is 17.8 Å². The van der Waals surface area contributed by atoms with Gasteiger partial charge in [0, 0.05) is 19.6 Å². The molecule has 0 aromatic carbocycles. The SMILES string of the molecule is Cc1nnc(NC(=O)N2CCCC(CNC(N)=O)C2)s1. The van der Waals surface area contributed by atoms with Gasteiger partial charge in [-0.2, -0.15) is 0 Å². The Morgan fingerprint density at radius 2 is 2.30 bits per heavy atom. The number of nitrogens with two attached hydrogens (primary N) is 1. The van der Waals surface area contributed by atoms with Crippen LogP contribution in [-0.4, -0.2) is 46.8 Å². The molecule has 0 spiro atoms. The molecule has 4 N–H and O–H groups in total. The van der Waals surface area contributed by atoms with Crippen molar-refractivity contribution in [2.45, 2.75) is 19.8 Å². The fourth-order valence-electron chi connectivity index (χ4n) is 2.18. The second-order valence-corrected chi connectivity index (χ2v) is 5.94. The van der Waals surface area contributed by atoms with Gasteiger partial charge in [-0.05, 0) is 25.7 Å². The third kappa shape index (κ3) is 4.05. The average molecular weight is 298 g/mol. The highest BCUT2D eigenvalue weighted by molar-refractivity contribution is 7.15. The number of anilines is 1. The molecule has 1 unspecified atom stereocenters. The van der Waals surface area contributed by atoms with Crippen LogP contribution in [0.2, 0.25) is 0 Å². The molecule has 1 aliphatic heterocycles. The predicted octanol–water partition coefficient (Wildman–Crippen LogP) is 0.759. The summed E-state index contributed by atoms with van der Waals surface area (Å²) < 4.78 is 0. The average Bonchev–Trinajstić information content (AvgIpc) is 2.82. The van der Waals surface area contributed by atoms with Crippen LogP contribution in [0, 0.1) is 12.8 Å². The predicted molar refractivity (Wildman–Crippen MR) is 75.5 cm³/mol. The van der Waals surface area contributed by atoms with E-state index in [4.69, 9.17) is 5.73 Å². The van der Waals surface area contributed by atoms with Gasteiger partial charge in [-0.3, -0.25) is 5.32 Å². The fraction of sp³-hybridized carbons (Fsp3) is 0.636. The first-order valence-corrected chi connectivity index (χ1v) is 7.25. The van der Waals surface area contributed by atoms with Crippen LogP contribution >= 0.6 is 11.3 Å². The molecule has 1 saturated heterocycles. The van der Waals surface area contributed by atoms with Crippen LogP contribution in [0.15, 0.2) is 0 Å². The first-order chi connectivity index (χ1) is 9.54. The molecule has 1 aromatic rings. The lowest BCUT2D eigenvalue weighted by molar-refractivity contribution is 0.176. The molecule has 1 aliphatic rings. The number of aromatic nitrogens is 2. The van der Waals surface area contributed by atoms with Crippen molar-refractivity contribution in [2.75, 3.05) is 25.0 Å². The molecule has 1 aromatic heterocycles. The number of aryl methyl sites for hydroxylation is 1. The van der Waals surface area contributed by atoms with Gasteiger partial charge in [0.1, 0.15) is 5.01 Å². The minimum absolute atomic E-state index is 0.176. The zero-order chi connectivity index (χ0) is 14.5. The molecule has 2 heterocycles. The van der Waals surface area contributed by atoms with Gasteiger partial charge in [-0.25, -0.2) is 9.59 Å². The largest absolute Gasteiger partial charge is 0.352 e. The van der Waals surface area contributed by atoms with E-state index in [0.29, 0.717) is 24.8 Å². The maximum atomic E-state index is 12.1. The van der Waals surface area contributed by atoms with E-state index >= 15 is 0 Å². The monoisotopic (exact) mass is 298 g/mol. The number of amides is 4. The van der Waals surface area contributed by atoms with Crippen molar-refractivity contribution < 1.29 is 9.59 Å². The molecule has 9 heteroatoms. The van der Waals surface area contributed by atoms with E-state index < -0.39 is 6.03 Å². The van der Waals surface area contributed by atoms with Gasteiger partial charge in [0.25, 0.3) is 0 Å². The maximum Gasteiger partial charge on any atom is 0.323 e. The first kappa shape index (κ1) is 14.5. The summed E-state index contributed by atoms with van der Waals surface area (Å²) in [5, 5.41) is 14.4. The Kier molecular flexibility index (Phi) is 4.72. The standard InChI is InChI=1S/C11H18N6O2S/c1-7-15-16-10(20-7)14-11(19)17-4-2-3-8(6-17)5-13-9(12)18/h8H,2-6H2,1H3,(H3,12,13,18)(H,14,16,19). The van der Waals surface area contributed by atoms with Gasteiger partial charge in [0.2, 0.25) is 5.13 Å². The van der Waals surface area contributed by atoms with Crippen molar-refractivity contribution >= 4 is 28.5 Å². The van der Waals surface area contributed by atoms with Gasteiger partial charge in [-0.1, -0.05) is 11.3 Å². The van der Waals surface area contributed by atoms with E-state index in [2.05, 4.69) is 20.8 Å². The summed E-state index contributed by atoms with van der Waals surface area (Å²) in [6, 6.07) is -0.708. The summed E-state index contributed by atoms with van der Waals surface area (Å²) in [4.78, 5) is 24.5. The molecule has 8 nitrogen and oxygen atoms in total. The molecule has 1 fully saturated rings. The second-order valence-electron chi connectivity index (χ2n) is 4.76. The Labute approximate surface area is 120 Å². The number of likely N-dealkylation sites (tertiary alicyclic amines) is 1. The highest BCUT2D eigenvalue weighted by Gasteiger charge is 2.24. The lowest BCUT2D eigenvalue weighted by Crippen LogP contribution is -2.46. The minimum atomic E-state index is -0.532. The highest BCUT2D eigenvalue weighted by Crippen LogP contribution is 2.18. The van der Waals surface area contributed by atoms with E-state index in [1.807, 2.05) is 6.92 Å². The van der Waals surface area contributed by atoms with E-state index in [1.165, 1.54) is 11.3 Å². The molecule has 110 valence electrons. The Balaban J connectivity index is 1.84. The van der Waals surface area contributed by atoms with Crippen LogP contribution in [-0.2, 0) is 0 Å². The Bertz CT molecular complexity index is 491. The second kappa shape index (κ2) is 6.51. The number of urea groups is 2. The van der Waals surface area contributed by atoms with E-state index in [1.54, 1.807) is 4.90 Å². The fourth-order valence-corrected chi connectivity index (χ4v) is 2.76.